The van der Waals surface area contributed by atoms with Crippen molar-refractivity contribution in [3.05, 3.63) is 36.0 Å². The molecule has 2 rings (SSSR count). The van der Waals surface area contributed by atoms with Gasteiger partial charge in [-0.2, -0.15) is 10.2 Å². The molecule has 0 unspecified atom stereocenters. The van der Waals surface area contributed by atoms with Crippen LogP contribution in [0.2, 0.25) is 0 Å². The molecule has 0 fully saturated rings. The third-order valence-electron chi connectivity index (χ3n) is 2.63. The van der Waals surface area contributed by atoms with Crippen molar-refractivity contribution in [2.45, 2.75) is 13.3 Å². The lowest BCUT2D eigenvalue weighted by atomic mass is 10.2. The normalized spacial score (nSPS) is 9.76. The Morgan fingerprint density at radius 1 is 1.29 bits per heavy atom. The largest absolute Gasteiger partial charge is 0.497 e. The number of ether oxygens (including phenoxy) is 2. The standard InChI is InChI=1S/C15H16N4O2/c1-3-5-17-15-18-6-4-14(19-15)21-13-8-11(10-16)7-12(9-13)20-2/h4,6-9H,3,5H2,1-2H3,(H,17,18,19). The fourth-order valence-corrected chi connectivity index (χ4v) is 1.65. The summed E-state index contributed by atoms with van der Waals surface area (Å²) in [4.78, 5) is 8.36. The predicted molar refractivity (Wildman–Crippen MR) is 78.6 cm³/mol. The highest BCUT2D eigenvalue weighted by Gasteiger charge is 2.05. The third-order valence-corrected chi connectivity index (χ3v) is 2.63. The van der Waals surface area contributed by atoms with Gasteiger partial charge < -0.3 is 14.8 Å². The number of methoxy groups -OCH3 is 1. The monoisotopic (exact) mass is 284 g/mol. The first-order chi connectivity index (χ1) is 10.2. The summed E-state index contributed by atoms with van der Waals surface area (Å²) in [6.45, 7) is 2.86. The lowest BCUT2D eigenvalue weighted by Crippen LogP contribution is -2.04. The fourth-order valence-electron chi connectivity index (χ4n) is 1.65. The molecular weight excluding hydrogens is 268 g/mol. The second-order valence-corrected chi connectivity index (χ2v) is 4.26. The molecule has 0 amide bonds. The van der Waals surface area contributed by atoms with Crippen molar-refractivity contribution < 1.29 is 9.47 Å². The SMILES string of the molecule is CCCNc1nccc(Oc2cc(C#N)cc(OC)c2)n1. The van der Waals surface area contributed by atoms with Crippen molar-refractivity contribution in [3.8, 4) is 23.4 Å². The van der Waals surface area contributed by atoms with E-state index in [0.717, 1.165) is 13.0 Å². The molecule has 21 heavy (non-hydrogen) atoms. The Hall–Kier alpha value is -2.81. The van der Waals surface area contributed by atoms with E-state index >= 15 is 0 Å². The first-order valence-corrected chi connectivity index (χ1v) is 6.59. The summed E-state index contributed by atoms with van der Waals surface area (Å²) < 4.78 is 10.8. The Bertz CT molecular complexity index is 652. The molecule has 0 aliphatic rings. The molecule has 1 aromatic carbocycles. The zero-order chi connectivity index (χ0) is 15.1. The van der Waals surface area contributed by atoms with Crippen LogP contribution in [-0.4, -0.2) is 23.6 Å². The van der Waals surface area contributed by atoms with E-state index < -0.39 is 0 Å². The number of nitrogens with zero attached hydrogens (tertiary/aromatic N) is 3. The van der Waals surface area contributed by atoms with Gasteiger partial charge in [0, 0.05) is 24.9 Å². The second-order valence-electron chi connectivity index (χ2n) is 4.26. The van der Waals surface area contributed by atoms with Gasteiger partial charge in [-0.15, -0.1) is 0 Å². The highest BCUT2D eigenvalue weighted by molar-refractivity contribution is 5.45. The van der Waals surface area contributed by atoms with E-state index in [1.165, 1.54) is 7.11 Å². The Balaban J connectivity index is 2.19. The Kier molecular flexibility index (Phi) is 4.94. The van der Waals surface area contributed by atoms with Crippen LogP contribution in [0, 0.1) is 11.3 Å². The quantitative estimate of drug-likeness (QED) is 0.878. The van der Waals surface area contributed by atoms with Crippen LogP contribution < -0.4 is 14.8 Å². The molecular formula is C15H16N4O2. The Labute approximate surface area is 123 Å². The molecule has 1 N–H and O–H groups in total. The van der Waals surface area contributed by atoms with Gasteiger partial charge in [-0.1, -0.05) is 6.92 Å². The minimum Gasteiger partial charge on any atom is -0.497 e. The van der Waals surface area contributed by atoms with Crippen LogP contribution in [0.1, 0.15) is 18.9 Å². The molecule has 0 saturated carbocycles. The van der Waals surface area contributed by atoms with Gasteiger partial charge in [0.25, 0.3) is 0 Å². The molecule has 0 aliphatic carbocycles. The van der Waals surface area contributed by atoms with Gasteiger partial charge in [-0.3, -0.25) is 0 Å². The zero-order valence-corrected chi connectivity index (χ0v) is 12.0. The van der Waals surface area contributed by atoms with Crippen LogP contribution in [0.25, 0.3) is 0 Å². The molecule has 0 saturated heterocycles. The summed E-state index contributed by atoms with van der Waals surface area (Å²) in [5.41, 5.74) is 0.461. The number of hydrogen-bond acceptors (Lipinski definition) is 6. The Morgan fingerprint density at radius 3 is 2.81 bits per heavy atom. The molecule has 108 valence electrons. The minimum atomic E-state index is 0.403. The summed E-state index contributed by atoms with van der Waals surface area (Å²) in [5, 5.41) is 12.1. The molecule has 0 aliphatic heterocycles. The molecule has 6 nitrogen and oxygen atoms in total. The van der Waals surface area contributed by atoms with E-state index in [0.29, 0.717) is 28.9 Å². The van der Waals surface area contributed by atoms with Gasteiger partial charge in [-0.05, 0) is 18.6 Å². The van der Waals surface area contributed by atoms with Crippen LogP contribution in [0.15, 0.2) is 30.5 Å². The van der Waals surface area contributed by atoms with Gasteiger partial charge in [0.2, 0.25) is 11.8 Å². The van der Waals surface area contributed by atoms with Crippen molar-refractivity contribution in [1.82, 2.24) is 9.97 Å². The van der Waals surface area contributed by atoms with E-state index in [1.807, 2.05) is 0 Å². The van der Waals surface area contributed by atoms with Gasteiger partial charge in [-0.25, -0.2) is 4.98 Å². The van der Waals surface area contributed by atoms with Crippen molar-refractivity contribution in [2.24, 2.45) is 0 Å². The number of anilines is 1. The second kappa shape index (κ2) is 7.10. The maximum atomic E-state index is 8.99. The topological polar surface area (TPSA) is 80.1 Å². The van der Waals surface area contributed by atoms with Gasteiger partial charge in [0.1, 0.15) is 11.5 Å². The molecule has 0 spiro atoms. The molecule has 2 aromatic rings. The van der Waals surface area contributed by atoms with E-state index in [1.54, 1.807) is 30.5 Å². The van der Waals surface area contributed by atoms with Crippen molar-refractivity contribution in [1.29, 1.82) is 5.26 Å². The van der Waals surface area contributed by atoms with Crippen LogP contribution in [0.3, 0.4) is 0 Å². The van der Waals surface area contributed by atoms with Gasteiger partial charge in [0.05, 0.1) is 18.7 Å². The molecule has 1 aromatic heterocycles. The first-order valence-electron chi connectivity index (χ1n) is 6.59. The fraction of sp³-hybridized carbons (Fsp3) is 0.267. The summed E-state index contributed by atoms with van der Waals surface area (Å²) in [6, 6.07) is 8.68. The molecule has 0 bridgehead atoms. The van der Waals surface area contributed by atoms with Crippen molar-refractivity contribution >= 4 is 5.95 Å². The van der Waals surface area contributed by atoms with Crippen LogP contribution in [-0.2, 0) is 0 Å². The highest BCUT2D eigenvalue weighted by Crippen LogP contribution is 2.26. The number of nitriles is 1. The number of benzene rings is 1. The average Bonchev–Trinajstić information content (AvgIpc) is 2.52. The summed E-state index contributed by atoms with van der Waals surface area (Å²) in [7, 11) is 1.54. The number of nitrogens with one attached hydrogen (secondary N) is 1. The van der Waals surface area contributed by atoms with Crippen LogP contribution >= 0.6 is 0 Å². The average molecular weight is 284 g/mol. The maximum Gasteiger partial charge on any atom is 0.225 e. The zero-order valence-electron chi connectivity index (χ0n) is 12.0. The highest BCUT2D eigenvalue weighted by atomic mass is 16.5. The van der Waals surface area contributed by atoms with E-state index in [4.69, 9.17) is 14.7 Å². The van der Waals surface area contributed by atoms with Crippen molar-refractivity contribution in [3.63, 3.8) is 0 Å². The van der Waals surface area contributed by atoms with Gasteiger partial charge >= 0.3 is 0 Å². The van der Waals surface area contributed by atoms with Crippen molar-refractivity contribution in [2.75, 3.05) is 19.0 Å². The smallest absolute Gasteiger partial charge is 0.225 e. The lowest BCUT2D eigenvalue weighted by Gasteiger charge is -2.08. The minimum absolute atomic E-state index is 0.403. The van der Waals surface area contributed by atoms with E-state index in [-0.39, 0.29) is 0 Å². The number of hydrogen-bond donors (Lipinski definition) is 1. The first kappa shape index (κ1) is 14.6. The lowest BCUT2D eigenvalue weighted by molar-refractivity contribution is 0.407. The summed E-state index contributed by atoms with van der Waals surface area (Å²) in [5.74, 6) is 1.96. The molecule has 0 atom stereocenters. The van der Waals surface area contributed by atoms with Gasteiger partial charge in [0.15, 0.2) is 0 Å². The maximum absolute atomic E-state index is 8.99. The Morgan fingerprint density at radius 2 is 2.10 bits per heavy atom. The predicted octanol–water partition coefficient (Wildman–Crippen LogP) is 2.97. The summed E-state index contributed by atoms with van der Waals surface area (Å²) in [6.07, 6.45) is 2.60. The number of rotatable bonds is 6. The summed E-state index contributed by atoms with van der Waals surface area (Å²) >= 11 is 0. The molecule has 1 heterocycles. The van der Waals surface area contributed by atoms with Crippen LogP contribution in [0.5, 0.6) is 17.4 Å². The molecule has 0 radical (unpaired) electrons. The third kappa shape index (κ3) is 4.08. The van der Waals surface area contributed by atoms with E-state index in [9.17, 15) is 0 Å². The van der Waals surface area contributed by atoms with E-state index in [2.05, 4.69) is 28.3 Å². The number of aromatic nitrogens is 2. The molecule has 6 heteroatoms. The van der Waals surface area contributed by atoms with Crippen LogP contribution in [0.4, 0.5) is 5.95 Å².